The van der Waals surface area contributed by atoms with Crippen molar-refractivity contribution in [2.75, 3.05) is 0 Å². The maximum Gasteiger partial charge on any atom is -0.000139 e. The molecule has 0 amide bonds. The largest absolute Gasteiger partial charge is 0.0683 e. The summed E-state index contributed by atoms with van der Waals surface area (Å²) in [5.74, 6) is 0. The highest BCUT2D eigenvalue weighted by atomic mass is 14.3. The molecule has 0 spiro atoms. The summed E-state index contributed by atoms with van der Waals surface area (Å²) < 4.78 is 0. The van der Waals surface area contributed by atoms with Crippen LogP contribution in [0.2, 0.25) is 0 Å². The number of fused-ring (bicyclic) bond motifs is 3. The zero-order valence-corrected chi connectivity index (χ0v) is 40.9. The predicted octanol–water partition coefficient (Wildman–Crippen LogP) is 19.1. The van der Waals surface area contributed by atoms with E-state index in [2.05, 4.69) is 229 Å². The first-order valence-corrected chi connectivity index (χ1v) is 23.2. The number of rotatable bonds is 4. The van der Waals surface area contributed by atoms with Crippen molar-refractivity contribution in [2.24, 2.45) is 0 Å². The minimum absolute atomic E-state index is 0.0286. The highest BCUT2D eigenvalue weighted by Crippen LogP contribution is 2.54. The van der Waals surface area contributed by atoms with Crippen LogP contribution in [-0.2, 0) is 21.7 Å². The van der Waals surface area contributed by atoms with Crippen molar-refractivity contribution in [1.82, 2.24) is 0 Å². The van der Waals surface area contributed by atoms with Gasteiger partial charge in [-0.25, -0.2) is 0 Å². The van der Waals surface area contributed by atoms with Gasteiger partial charge in [-0.3, -0.25) is 0 Å². The molecule has 0 atom stereocenters. The molecule has 0 saturated heterocycles. The average molecular weight is 817 g/mol. The molecular weight excluding hydrogens is 745 g/mol. The molecular formula is C62H72. The van der Waals surface area contributed by atoms with Gasteiger partial charge in [-0.05, 0) is 133 Å². The average Bonchev–Trinajstić information content (AvgIpc) is 3.25. The van der Waals surface area contributed by atoms with E-state index in [0.717, 1.165) is 0 Å². The summed E-state index contributed by atoms with van der Waals surface area (Å²) in [7, 11) is 0. The second-order valence-electron chi connectivity index (χ2n) is 20.7. The maximum atomic E-state index is 2.51. The van der Waals surface area contributed by atoms with Gasteiger partial charge in [-0.1, -0.05) is 244 Å². The van der Waals surface area contributed by atoms with Gasteiger partial charge < -0.3 is 0 Å². The zero-order chi connectivity index (χ0) is 45.4. The predicted molar refractivity (Wildman–Crippen MR) is 278 cm³/mol. The van der Waals surface area contributed by atoms with Crippen molar-refractivity contribution < 1.29 is 0 Å². The summed E-state index contributed by atoms with van der Waals surface area (Å²) in [6.07, 6.45) is 0. The first-order valence-electron chi connectivity index (χ1n) is 23.2. The van der Waals surface area contributed by atoms with E-state index in [-0.39, 0.29) is 21.7 Å². The van der Waals surface area contributed by atoms with Gasteiger partial charge in [0.25, 0.3) is 0 Å². The molecule has 62 heavy (non-hydrogen) atoms. The number of hydrogen-bond donors (Lipinski definition) is 0. The Morgan fingerprint density at radius 3 is 0.758 bits per heavy atom. The van der Waals surface area contributed by atoms with Crippen LogP contribution < -0.4 is 0 Å². The number of benzene rings is 8. The third kappa shape index (κ3) is 8.90. The van der Waals surface area contributed by atoms with Crippen LogP contribution in [0.25, 0.3) is 76.8 Å². The van der Waals surface area contributed by atoms with Crippen molar-refractivity contribution in [3.63, 3.8) is 0 Å². The van der Waals surface area contributed by atoms with Crippen LogP contribution in [0.1, 0.15) is 133 Å². The van der Waals surface area contributed by atoms with Crippen LogP contribution in [0.3, 0.4) is 0 Å². The second-order valence-corrected chi connectivity index (χ2v) is 20.7. The zero-order valence-electron chi connectivity index (χ0n) is 40.9. The summed E-state index contributed by atoms with van der Waals surface area (Å²) in [5.41, 5.74) is 15.5. The van der Waals surface area contributed by atoms with E-state index in [1.54, 1.807) is 0 Å². The van der Waals surface area contributed by atoms with Gasteiger partial charge in [0.2, 0.25) is 0 Å². The molecule has 0 heterocycles. The lowest BCUT2D eigenvalue weighted by atomic mass is 9.75. The fourth-order valence-corrected chi connectivity index (χ4v) is 8.84. The molecule has 8 rings (SSSR count). The Morgan fingerprint density at radius 1 is 0.242 bits per heavy atom. The molecule has 0 radical (unpaired) electrons. The Hall–Kier alpha value is -5.46. The highest BCUT2D eigenvalue weighted by molar-refractivity contribution is 6.34. The fourth-order valence-electron chi connectivity index (χ4n) is 8.84. The lowest BCUT2D eigenvalue weighted by molar-refractivity contribution is 0.590. The molecule has 0 unspecified atom stereocenters. The van der Waals surface area contributed by atoms with Gasteiger partial charge in [-0.2, -0.15) is 0 Å². The van der Waals surface area contributed by atoms with Gasteiger partial charge in [-0.15, -0.1) is 0 Å². The SMILES string of the molecule is CC.CC.CC(C)(C)c1ccc(-c2c3ccc(C(C)(C)C)cc3c(-c3ccccc3)c3c(-c4ccc(C(C)(C)C)cc4)c4ccc(C(C)(C)C)cc4c(-c4ccccc4)c23)cc1. The van der Waals surface area contributed by atoms with E-state index in [0.29, 0.717) is 0 Å². The van der Waals surface area contributed by atoms with Gasteiger partial charge >= 0.3 is 0 Å². The Bertz CT molecular complexity index is 2590. The molecule has 8 aromatic rings. The Labute approximate surface area is 375 Å². The van der Waals surface area contributed by atoms with Crippen LogP contribution in [0.5, 0.6) is 0 Å². The quantitative estimate of drug-likeness (QED) is 0.155. The van der Waals surface area contributed by atoms with Gasteiger partial charge in [0, 0.05) is 0 Å². The van der Waals surface area contributed by atoms with E-state index < -0.39 is 0 Å². The van der Waals surface area contributed by atoms with Crippen molar-refractivity contribution >= 4 is 32.3 Å². The summed E-state index contributed by atoms with van der Waals surface area (Å²) in [4.78, 5) is 0. The Kier molecular flexibility index (Phi) is 13.2. The van der Waals surface area contributed by atoms with Crippen molar-refractivity contribution in [1.29, 1.82) is 0 Å². The van der Waals surface area contributed by atoms with Crippen LogP contribution >= 0.6 is 0 Å². The molecule has 0 nitrogen and oxygen atoms in total. The topological polar surface area (TPSA) is 0 Å². The summed E-state index contributed by atoms with van der Waals surface area (Å²) in [6.45, 7) is 35.8. The second kappa shape index (κ2) is 17.7. The molecule has 0 fully saturated rings. The summed E-state index contributed by atoms with van der Waals surface area (Å²) in [6, 6.07) is 55.9. The van der Waals surface area contributed by atoms with Crippen LogP contribution in [0.4, 0.5) is 0 Å². The normalized spacial score (nSPS) is 12.2. The van der Waals surface area contributed by atoms with E-state index in [1.807, 2.05) is 27.7 Å². The summed E-state index contributed by atoms with van der Waals surface area (Å²) in [5, 5.41) is 7.74. The third-order valence-electron chi connectivity index (χ3n) is 12.3. The van der Waals surface area contributed by atoms with Crippen molar-refractivity contribution in [3.8, 4) is 44.5 Å². The summed E-state index contributed by atoms with van der Waals surface area (Å²) >= 11 is 0. The first-order chi connectivity index (χ1) is 29.3. The molecule has 0 aliphatic rings. The molecule has 0 heteroatoms. The van der Waals surface area contributed by atoms with Crippen molar-refractivity contribution in [2.45, 2.75) is 132 Å². The lowest BCUT2D eigenvalue weighted by Gasteiger charge is -2.28. The first kappa shape index (κ1) is 46.1. The van der Waals surface area contributed by atoms with E-state index >= 15 is 0 Å². The Balaban J connectivity index is 0.00000156. The lowest BCUT2D eigenvalue weighted by Crippen LogP contribution is -2.11. The molecule has 0 aromatic heterocycles. The minimum Gasteiger partial charge on any atom is -0.0683 e. The fraction of sp³-hybridized carbons (Fsp3) is 0.323. The molecule has 0 bridgehead atoms. The van der Waals surface area contributed by atoms with Gasteiger partial charge in [0.15, 0.2) is 0 Å². The molecule has 0 N–H and O–H groups in total. The van der Waals surface area contributed by atoms with Crippen LogP contribution in [0.15, 0.2) is 146 Å². The van der Waals surface area contributed by atoms with Gasteiger partial charge in [0.05, 0.1) is 0 Å². The smallest absolute Gasteiger partial charge is 0.000139 e. The highest BCUT2D eigenvalue weighted by Gasteiger charge is 2.28. The van der Waals surface area contributed by atoms with E-state index in [4.69, 9.17) is 0 Å². The monoisotopic (exact) mass is 817 g/mol. The van der Waals surface area contributed by atoms with E-state index in [1.165, 1.54) is 99.1 Å². The third-order valence-corrected chi connectivity index (χ3v) is 12.3. The molecule has 0 aliphatic heterocycles. The van der Waals surface area contributed by atoms with Crippen LogP contribution in [0, 0.1) is 0 Å². The molecule has 8 aromatic carbocycles. The number of hydrogen-bond acceptors (Lipinski definition) is 0. The standard InChI is InChI=1S/C58H60.2C2H6/c1-55(2,3)41-27-23-39(24-28-41)49-45-33-31-43(57(7,8)9)35-47(45)52(38-21-17-14-18-22-38)54-50(40-25-29-42(30-26-40)56(4,5)6)46-34-32-44(58(10,11)12)36-48(46)51(53(49)54)37-19-15-13-16-20-37;2*1-2/h13-36H,1-12H3;2*1-2H3. The molecule has 320 valence electrons. The maximum absolute atomic E-state index is 2.51. The molecule has 0 saturated carbocycles. The minimum atomic E-state index is -0.0286. The Morgan fingerprint density at radius 2 is 0.484 bits per heavy atom. The van der Waals surface area contributed by atoms with Gasteiger partial charge in [0.1, 0.15) is 0 Å². The van der Waals surface area contributed by atoms with Crippen LogP contribution in [-0.4, -0.2) is 0 Å². The van der Waals surface area contributed by atoms with Crippen molar-refractivity contribution in [3.05, 3.63) is 168 Å². The molecule has 0 aliphatic carbocycles. The van der Waals surface area contributed by atoms with E-state index in [9.17, 15) is 0 Å².